The van der Waals surface area contributed by atoms with Crippen LogP contribution in [0.15, 0.2) is 0 Å². The van der Waals surface area contributed by atoms with Gasteiger partial charge in [0.2, 0.25) is 0 Å². The van der Waals surface area contributed by atoms with Gasteiger partial charge in [-0.1, -0.05) is 0 Å². The van der Waals surface area contributed by atoms with E-state index in [1.165, 1.54) is 0 Å². The molecule has 0 aliphatic carbocycles. The van der Waals surface area contributed by atoms with Crippen LogP contribution in [0.4, 0.5) is 0 Å². The highest BCUT2D eigenvalue weighted by Crippen LogP contribution is 2.35. The average molecular weight is 182 g/mol. The summed E-state index contributed by atoms with van der Waals surface area (Å²) in [6.45, 7) is 0.875. The van der Waals surface area contributed by atoms with Crippen molar-refractivity contribution >= 4 is 7.82 Å². The molecule has 0 aromatic carbocycles. The van der Waals surface area contributed by atoms with Crippen molar-refractivity contribution in [2.75, 3.05) is 13.2 Å². The predicted octanol–water partition coefficient (Wildman–Crippen LogP) is 0.275. The van der Waals surface area contributed by atoms with Crippen molar-refractivity contribution in [1.82, 2.24) is 0 Å². The van der Waals surface area contributed by atoms with Crippen LogP contribution in [-0.2, 0) is 13.8 Å². The minimum Gasteiger partial charge on any atom is -0.373 e. The molecule has 66 valence electrons. The van der Waals surface area contributed by atoms with Gasteiger partial charge in [-0.3, -0.25) is 4.52 Å². The predicted molar refractivity (Wildman–Crippen MR) is 37.0 cm³/mol. The number of rotatable bonds is 5. The molecule has 11 heavy (non-hydrogen) atoms. The van der Waals surface area contributed by atoms with Crippen molar-refractivity contribution in [3.63, 3.8) is 0 Å². The minimum absolute atomic E-state index is 0.101. The SMILES string of the molecule is O=P(O)(O)OCCCC1CO1. The fourth-order valence-corrected chi connectivity index (χ4v) is 1.10. The first-order valence-corrected chi connectivity index (χ1v) is 4.92. The highest BCUT2D eigenvalue weighted by molar-refractivity contribution is 7.46. The quantitative estimate of drug-likeness (QED) is 0.362. The van der Waals surface area contributed by atoms with Crippen LogP contribution in [0.2, 0.25) is 0 Å². The van der Waals surface area contributed by atoms with Gasteiger partial charge >= 0.3 is 7.82 Å². The van der Waals surface area contributed by atoms with E-state index < -0.39 is 7.82 Å². The van der Waals surface area contributed by atoms with E-state index in [-0.39, 0.29) is 6.61 Å². The third-order valence-corrected chi connectivity index (χ3v) is 1.85. The van der Waals surface area contributed by atoms with Crippen LogP contribution >= 0.6 is 7.82 Å². The Bertz CT molecular complexity index is 160. The van der Waals surface area contributed by atoms with E-state index in [1.807, 2.05) is 0 Å². The Morgan fingerprint density at radius 1 is 1.64 bits per heavy atom. The van der Waals surface area contributed by atoms with Gasteiger partial charge in [0, 0.05) is 0 Å². The van der Waals surface area contributed by atoms with Crippen LogP contribution in [-0.4, -0.2) is 29.1 Å². The van der Waals surface area contributed by atoms with Crippen LogP contribution in [0.25, 0.3) is 0 Å². The van der Waals surface area contributed by atoms with Gasteiger partial charge in [0.1, 0.15) is 0 Å². The zero-order chi connectivity index (χ0) is 8.32. The Kier molecular flexibility index (Phi) is 3.04. The molecule has 2 N–H and O–H groups in total. The monoisotopic (exact) mass is 182 g/mol. The highest BCUT2D eigenvalue weighted by atomic mass is 31.2. The van der Waals surface area contributed by atoms with Crippen molar-refractivity contribution in [2.24, 2.45) is 0 Å². The molecule has 1 heterocycles. The lowest BCUT2D eigenvalue weighted by Crippen LogP contribution is -1.94. The molecule has 1 rings (SSSR count). The van der Waals surface area contributed by atoms with Crippen LogP contribution in [0.3, 0.4) is 0 Å². The molecule has 1 atom stereocenters. The molecule has 0 aromatic heterocycles. The molecular formula is C5H11O5P. The molecule has 0 saturated carbocycles. The first kappa shape index (κ1) is 9.16. The molecule has 1 aliphatic heterocycles. The second kappa shape index (κ2) is 3.65. The van der Waals surface area contributed by atoms with E-state index >= 15 is 0 Å². The third-order valence-electron chi connectivity index (χ3n) is 1.33. The van der Waals surface area contributed by atoms with Gasteiger partial charge in [0.15, 0.2) is 0 Å². The number of ether oxygens (including phenoxy) is 1. The van der Waals surface area contributed by atoms with Crippen LogP contribution in [0, 0.1) is 0 Å². The lowest BCUT2D eigenvalue weighted by Gasteiger charge is -2.02. The summed E-state index contributed by atoms with van der Waals surface area (Å²) in [5, 5.41) is 0. The maximum absolute atomic E-state index is 10.1. The zero-order valence-electron chi connectivity index (χ0n) is 5.97. The van der Waals surface area contributed by atoms with Crippen LogP contribution < -0.4 is 0 Å². The second-order valence-corrected chi connectivity index (χ2v) is 3.66. The summed E-state index contributed by atoms with van der Waals surface area (Å²) in [6, 6.07) is 0. The molecule has 1 aliphatic rings. The number of phosphoric ester groups is 1. The summed E-state index contributed by atoms with van der Waals surface area (Å²) in [5.74, 6) is 0. The van der Waals surface area contributed by atoms with Crippen molar-refractivity contribution in [3.8, 4) is 0 Å². The number of phosphoric acid groups is 1. The van der Waals surface area contributed by atoms with Crippen LogP contribution in [0.1, 0.15) is 12.8 Å². The van der Waals surface area contributed by atoms with E-state index in [1.54, 1.807) is 0 Å². The van der Waals surface area contributed by atoms with Crippen LogP contribution in [0.5, 0.6) is 0 Å². The first-order valence-electron chi connectivity index (χ1n) is 3.39. The molecule has 0 radical (unpaired) electrons. The van der Waals surface area contributed by atoms with Crippen molar-refractivity contribution in [2.45, 2.75) is 18.9 Å². The van der Waals surface area contributed by atoms with E-state index in [2.05, 4.69) is 4.52 Å². The summed E-state index contributed by atoms with van der Waals surface area (Å²) in [4.78, 5) is 16.5. The topological polar surface area (TPSA) is 79.3 Å². The highest BCUT2D eigenvalue weighted by Gasteiger charge is 2.22. The number of epoxide rings is 1. The van der Waals surface area contributed by atoms with Gasteiger partial charge in [0.05, 0.1) is 19.3 Å². The number of hydrogen-bond donors (Lipinski definition) is 2. The molecule has 6 heteroatoms. The summed E-state index contributed by atoms with van der Waals surface area (Å²) >= 11 is 0. The summed E-state index contributed by atoms with van der Waals surface area (Å²) in [6.07, 6.45) is 1.76. The molecule has 1 unspecified atom stereocenters. The molecule has 0 aromatic rings. The lowest BCUT2D eigenvalue weighted by molar-refractivity contribution is 0.191. The zero-order valence-corrected chi connectivity index (χ0v) is 6.87. The van der Waals surface area contributed by atoms with Crippen molar-refractivity contribution in [1.29, 1.82) is 0 Å². The van der Waals surface area contributed by atoms with Gasteiger partial charge in [0.25, 0.3) is 0 Å². The summed E-state index contributed by atoms with van der Waals surface area (Å²) in [5.41, 5.74) is 0. The normalized spacial score (nSPS) is 23.6. The fourth-order valence-electron chi connectivity index (χ4n) is 0.729. The Hall–Kier alpha value is 0.0700. The smallest absolute Gasteiger partial charge is 0.373 e. The Morgan fingerprint density at radius 2 is 2.27 bits per heavy atom. The summed E-state index contributed by atoms with van der Waals surface area (Å²) in [7, 11) is -4.25. The van der Waals surface area contributed by atoms with Gasteiger partial charge in [-0.2, -0.15) is 0 Å². The molecule has 1 fully saturated rings. The lowest BCUT2D eigenvalue weighted by atomic mass is 10.3. The standard InChI is InChI=1S/C5H11O5P/c6-11(7,8)10-3-1-2-5-4-9-5/h5H,1-4H2,(H2,6,7,8). The summed E-state index contributed by atoms with van der Waals surface area (Å²) < 4.78 is 19.2. The van der Waals surface area contributed by atoms with E-state index in [0.29, 0.717) is 12.5 Å². The van der Waals surface area contributed by atoms with E-state index in [0.717, 1.165) is 13.0 Å². The van der Waals surface area contributed by atoms with Crippen molar-refractivity contribution in [3.05, 3.63) is 0 Å². The Labute approximate surface area is 64.6 Å². The van der Waals surface area contributed by atoms with Gasteiger partial charge < -0.3 is 14.5 Å². The van der Waals surface area contributed by atoms with Gasteiger partial charge in [-0.25, -0.2) is 4.57 Å². The van der Waals surface area contributed by atoms with E-state index in [9.17, 15) is 4.57 Å². The maximum Gasteiger partial charge on any atom is 0.469 e. The average Bonchev–Trinajstić information content (AvgIpc) is 2.60. The largest absolute Gasteiger partial charge is 0.469 e. The second-order valence-electron chi connectivity index (χ2n) is 2.42. The third kappa shape index (κ3) is 5.35. The van der Waals surface area contributed by atoms with Gasteiger partial charge in [-0.05, 0) is 12.8 Å². The van der Waals surface area contributed by atoms with E-state index in [4.69, 9.17) is 14.5 Å². The van der Waals surface area contributed by atoms with Gasteiger partial charge in [-0.15, -0.1) is 0 Å². The molecule has 0 amide bonds. The molecule has 1 saturated heterocycles. The number of hydrogen-bond acceptors (Lipinski definition) is 3. The molecule has 0 bridgehead atoms. The molecule has 0 spiro atoms. The molecule has 5 nitrogen and oxygen atoms in total. The maximum atomic E-state index is 10.1. The Balaban J connectivity index is 1.91. The molecular weight excluding hydrogens is 171 g/mol. The fraction of sp³-hybridized carbons (Fsp3) is 1.00. The Morgan fingerprint density at radius 3 is 2.73 bits per heavy atom. The first-order chi connectivity index (χ1) is 5.08. The minimum atomic E-state index is -4.25. The van der Waals surface area contributed by atoms with Crippen molar-refractivity contribution < 1.29 is 23.6 Å².